The molecule has 0 bridgehead atoms. The molecular formula is C27H30FN5O6S. The van der Waals surface area contributed by atoms with Crippen LogP contribution in [0.25, 0.3) is 22.3 Å². The molecule has 13 heteroatoms. The van der Waals surface area contributed by atoms with E-state index in [0.717, 1.165) is 31.1 Å². The van der Waals surface area contributed by atoms with Crippen LogP contribution in [-0.2, 0) is 19.0 Å². The van der Waals surface area contributed by atoms with Crippen molar-refractivity contribution >= 4 is 32.5 Å². The van der Waals surface area contributed by atoms with Crippen molar-refractivity contribution < 1.29 is 31.2 Å². The lowest BCUT2D eigenvalue weighted by Gasteiger charge is -2.26. The molecular weight excluding hydrogens is 541 g/mol. The minimum absolute atomic E-state index is 0.00704. The number of hydrogen-bond donors (Lipinski definition) is 0. The Balaban J connectivity index is 1.52. The fourth-order valence-electron chi connectivity index (χ4n) is 4.56. The summed E-state index contributed by atoms with van der Waals surface area (Å²) >= 11 is 0. The second kappa shape index (κ2) is 11.7. The molecule has 40 heavy (non-hydrogen) atoms. The molecule has 212 valence electrons. The van der Waals surface area contributed by atoms with Gasteiger partial charge in [0.15, 0.2) is 11.6 Å². The largest absolute Gasteiger partial charge is 0.497 e. The third-order valence-electron chi connectivity index (χ3n) is 6.54. The molecule has 3 heterocycles. The van der Waals surface area contributed by atoms with E-state index in [0.29, 0.717) is 34.8 Å². The van der Waals surface area contributed by atoms with Crippen molar-refractivity contribution in [2.75, 3.05) is 45.1 Å². The van der Waals surface area contributed by atoms with Crippen LogP contribution in [0.1, 0.15) is 25.5 Å². The van der Waals surface area contributed by atoms with Gasteiger partial charge in [0.25, 0.3) is 10.1 Å². The maximum absolute atomic E-state index is 15.5. The zero-order valence-corrected chi connectivity index (χ0v) is 23.2. The minimum atomic E-state index is -3.71. The average Bonchev–Trinajstić information content (AvgIpc) is 3.46. The Labute approximate surface area is 231 Å². The predicted molar refractivity (Wildman–Crippen MR) is 147 cm³/mol. The molecule has 0 spiro atoms. The lowest BCUT2D eigenvalue weighted by molar-refractivity contribution is -0.0394. The number of halogens is 1. The zero-order chi connectivity index (χ0) is 28.3. The van der Waals surface area contributed by atoms with Crippen molar-refractivity contribution in [1.29, 1.82) is 0 Å². The summed E-state index contributed by atoms with van der Waals surface area (Å²) in [4.78, 5) is 10.9. The third-order valence-corrected chi connectivity index (χ3v) is 7.13. The van der Waals surface area contributed by atoms with Crippen molar-refractivity contribution in [3.05, 3.63) is 54.7 Å². The van der Waals surface area contributed by atoms with Gasteiger partial charge in [-0.3, -0.25) is 9.17 Å². The average molecular weight is 572 g/mol. The lowest BCUT2D eigenvalue weighted by Crippen LogP contribution is -2.24. The molecule has 1 saturated heterocycles. The lowest BCUT2D eigenvalue weighted by atomic mass is 10.1. The summed E-state index contributed by atoms with van der Waals surface area (Å²) in [5.74, 6) is -0.297. The molecule has 5 rings (SSSR count). The fourth-order valence-corrected chi connectivity index (χ4v) is 4.93. The number of hydrogen-bond acceptors (Lipinski definition) is 10. The van der Waals surface area contributed by atoms with Crippen LogP contribution in [0.15, 0.2) is 48.9 Å². The number of methoxy groups -OCH3 is 2. The molecule has 4 aromatic rings. The quantitative estimate of drug-likeness (QED) is 0.252. The molecule has 1 atom stereocenters. The number of anilines is 2. The summed E-state index contributed by atoms with van der Waals surface area (Å²) in [5.41, 5.74) is 3.25. The van der Waals surface area contributed by atoms with Gasteiger partial charge >= 0.3 is 0 Å². The SMILES string of the molecule is COc1cc(OC)c(F)c(N(CCOS(C)(=O)=O)c2ccc3ncc(-c4cnn(C5CCCCO5)c4)nc3c2)c1. The van der Waals surface area contributed by atoms with Gasteiger partial charge < -0.3 is 19.1 Å². The predicted octanol–water partition coefficient (Wildman–Crippen LogP) is 4.46. The van der Waals surface area contributed by atoms with Crippen molar-refractivity contribution in [2.45, 2.75) is 25.5 Å². The number of aromatic nitrogens is 4. The summed E-state index contributed by atoms with van der Waals surface area (Å²) in [7, 11) is -0.889. The van der Waals surface area contributed by atoms with Gasteiger partial charge in [-0.05, 0) is 37.5 Å². The Morgan fingerprint density at radius 2 is 1.98 bits per heavy atom. The van der Waals surface area contributed by atoms with E-state index in [1.165, 1.54) is 26.4 Å². The summed E-state index contributed by atoms with van der Waals surface area (Å²) in [6, 6.07) is 8.21. The summed E-state index contributed by atoms with van der Waals surface area (Å²) < 4.78 is 61.9. The molecule has 0 saturated carbocycles. The number of fused-ring (bicyclic) bond motifs is 1. The molecule has 2 aromatic carbocycles. The topological polar surface area (TPSA) is 118 Å². The molecule has 1 unspecified atom stereocenters. The van der Waals surface area contributed by atoms with E-state index in [1.807, 2.05) is 6.20 Å². The van der Waals surface area contributed by atoms with Crippen LogP contribution in [0.5, 0.6) is 11.5 Å². The van der Waals surface area contributed by atoms with E-state index in [1.54, 1.807) is 40.2 Å². The van der Waals surface area contributed by atoms with Crippen molar-refractivity contribution in [1.82, 2.24) is 19.7 Å². The van der Waals surface area contributed by atoms with Gasteiger partial charge in [0.05, 0.1) is 61.9 Å². The van der Waals surface area contributed by atoms with E-state index in [2.05, 4.69) is 10.1 Å². The van der Waals surface area contributed by atoms with E-state index in [4.69, 9.17) is 23.4 Å². The van der Waals surface area contributed by atoms with Gasteiger partial charge in [-0.2, -0.15) is 13.5 Å². The van der Waals surface area contributed by atoms with Crippen LogP contribution in [0.4, 0.5) is 15.8 Å². The van der Waals surface area contributed by atoms with Crippen molar-refractivity contribution in [2.24, 2.45) is 0 Å². The van der Waals surface area contributed by atoms with Crippen molar-refractivity contribution in [3.63, 3.8) is 0 Å². The molecule has 11 nitrogen and oxygen atoms in total. The second-order valence-corrected chi connectivity index (χ2v) is 10.9. The van der Waals surface area contributed by atoms with Crippen LogP contribution in [0.3, 0.4) is 0 Å². The standard InChI is InChI=1S/C27H30FN5O6S/c1-36-20-13-24(27(28)25(14-20)37-2)32(9-11-39-40(3,34)35)19-7-8-21-22(12-19)31-23(16-29-21)18-15-30-33(17-18)26-6-4-5-10-38-26/h7-8,12-17,26H,4-6,9-11H2,1-3H3. The molecule has 0 radical (unpaired) electrons. The Hall–Kier alpha value is -3.81. The van der Waals surface area contributed by atoms with Crippen LogP contribution in [0, 0.1) is 5.82 Å². The minimum Gasteiger partial charge on any atom is -0.497 e. The van der Waals surface area contributed by atoms with Crippen molar-refractivity contribution in [3.8, 4) is 22.8 Å². The first-order valence-corrected chi connectivity index (χ1v) is 14.5. The van der Waals surface area contributed by atoms with Crippen LogP contribution >= 0.6 is 0 Å². The van der Waals surface area contributed by atoms with E-state index < -0.39 is 15.9 Å². The third kappa shape index (κ3) is 6.16. The highest BCUT2D eigenvalue weighted by Crippen LogP contribution is 2.37. The summed E-state index contributed by atoms with van der Waals surface area (Å²) in [6.45, 7) is 0.501. The van der Waals surface area contributed by atoms with Gasteiger partial charge in [-0.1, -0.05) is 0 Å². The van der Waals surface area contributed by atoms with Crippen LogP contribution < -0.4 is 14.4 Å². The van der Waals surface area contributed by atoms with E-state index in [9.17, 15) is 8.42 Å². The Kier molecular flexibility index (Phi) is 8.14. The molecule has 0 aliphatic carbocycles. The van der Waals surface area contributed by atoms with E-state index in [-0.39, 0.29) is 30.8 Å². The Morgan fingerprint density at radius 1 is 1.12 bits per heavy atom. The maximum Gasteiger partial charge on any atom is 0.264 e. The van der Waals surface area contributed by atoms with Crippen LogP contribution in [-0.4, -0.2) is 68.4 Å². The molecule has 1 aliphatic rings. The molecule has 0 amide bonds. The second-order valence-electron chi connectivity index (χ2n) is 9.30. The van der Waals surface area contributed by atoms with E-state index >= 15 is 4.39 Å². The normalized spacial score (nSPS) is 15.8. The Morgan fingerprint density at radius 3 is 2.70 bits per heavy atom. The van der Waals surface area contributed by atoms with Gasteiger partial charge in [0.2, 0.25) is 0 Å². The first kappa shape index (κ1) is 27.7. The van der Waals surface area contributed by atoms with Gasteiger partial charge in [0, 0.05) is 42.7 Å². The zero-order valence-electron chi connectivity index (χ0n) is 22.4. The highest BCUT2D eigenvalue weighted by atomic mass is 32.2. The molecule has 2 aromatic heterocycles. The van der Waals surface area contributed by atoms with Gasteiger partial charge in [0.1, 0.15) is 12.0 Å². The first-order chi connectivity index (χ1) is 19.3. The summed E-state index contributed by atoms with van der Waals surface area (Å²) in [5, 5.41) is 4.46. The number of ether oxygens (including phenoxy) is 3. The molecule has 0 N–H and O–H groups in total. The monoisotopic (exact) mass is 571 g/mol. The van der Waals surface area contributed by atoms with Gasteiger partial charge in [-0.25, -0.2) is 14.1 Å². The summed E-state index contributed by atoms with van der Waals surface area (Å²) in [6.07, 6.45) is 9.19. The number of nitrogens with zero attached hydrogens (tertiary/aromatic N) is 5. The highest BCUT2D eigenvalue weighted by Gasteiger charge is 2.21. The number of rotatable bonds is 10. The Bertz CT molecular complexity index is 1610. The number of benzene rings is 2. The molecule has 1 aliphatic heterocycles. The first-order valence-electron chi connectivity index (χ1n) is 12.7. The maximum atomic E-state index is 15.5. The highest BCUT2D eigenvalue weighted by molar-refractivity contribution is 7.85. The van der Waals surface area contributed by atoms with Crippen LogP contribution in [0.2, 0.25) is 0 Å². The molecule has 1 fully saturated rings. The van der Waals surface area contributed by atoms with Gasteiger partial charge in [-0.15, -0.1) is 0 Å². The fraction of sp³-hybridized carbons (Fsp3) is 0.370. The smallest absolute Gasteiger partial charge is 0.264 e.